The van der Waals surface area contributed by atoms with Crippen molar-refractivity contribution in [3.8, 4) is 12.3 Å². The van der Waals surface area contributed by atoms with Gasteiger partial charge in [0.25, 0.3) is 0 Å². The molecule has 0 saturated carbocycles. The lowest BCUT2D eigenvalue weighted by molar-refractivity contribution is 0.425. The highest BCUT2D eigenvalue weighted by molar-refractivity contribution is 7.80. The average Bonchev–Trinajstić information content (AvgIpc) is 2.12. The van der Waals surface area contributed by atoms with Crippen LogP contribution in [0.3, 0.4) is 0 Å². The smallest absolute Gasteiger partial charge is 0.423 e. The Kier molecular flexibility index (Phi) is 3.65. The summed E-state index contributed by atoms with van der Waals surface area (Å²) in [7, 11) is -1.47. The van der Waals surface area contributed by atoms with E-state index in [9.17, 15) is 0 Å². The fourth-order valence-electron chi connectivity index (χ4n) is 1.22. The van der Waals surface area contributed by atoms with Gasteiger partial charge < -0.3 is 10.0 Å². The Morgan fingerprint density at radius 1 is 1.50 bits per heavy atom. The maximum absolute atomic E-state index is 9.00. The molecule has 0 spiro atoms. The normalized spacial score (nSPS) is 9.64. The number of rotatable bonds is 2. The highest BCUT2D eigenvalue weighted by Crippen LogP contribution is 2.16. The highest BCUT2D eigenvalue weighted by Gasteiger charge is 2.13. The molecule has 0 bridgehead atoms. The van der Waals surface area contributed by atoms with Crippen LogP contribution in [0.2, 0.25) is 0 Å². The zero-order chi connectivity index (χ0) is 10.7. The lowest BCUT2D eigenvalue weighted by Gasteiger charge is -2.09. The summed E-state index contributed by atoms with van der Waals surface area (Å²) in [5, 5.41) is 18.0. The molecule has 2 N–H and O–H groups in total. The average molecular weight is 206 g/mol. The van der Waals surface area contributed by atoms with Gasteiger partial charge in [-0.3, -0.25) is 0 Å². The van der Waals surface area contributed by atoms with Gasteiger partial charge >= 0.3 is 7.12 Å². The van der Waals surface area contributed by atoms with Crippen LogP contribution in [-0.2, 0) is 6.42 Å². The first-order valence-electron chi connectivity index (χ1n) is 4.18. The Morgan fingerprint density at radius 3 is 2.64 bits per heavy atom. The summed E-state index contributed by atoms with van der Waals surface area (Å²) in [4.78, 5) is 0.723. The molecule has 0 aromatic heterocycles. The molecule has 1 rings (SSSR count). The van der Waals surface area contributed by atoms with E-state index in [0.717, 1.165) is 16.0 Å². The number of hydrogen-bond donors (Lipinski definition) is 3. The van der Waals surface area contributed by atoms with Gasteiger partial charge in [-0.1, -0.05) is 6.07 Å². The molecule has 0 saturated heterocycles. The first kappa shape index (κ1) is 11.2. The van der Waals surface area contributed by atoms with Crippen molar-refractivity contribution in [1.29, 1.82) is 0 Å². The van der Waals surface area contributed by atoms with Crippen molar-refractivity contribution in [3.05, 3.63) is 23.3 Å². The summed E-state index contributed by atoms with van der Waals surface area (Å²) in [6, 6.07) is 3.32. The van der Waals surface area contributed by atoms with Gasteiger partial charge in [-0.05, 0) is 29.6 Å². The number of thiol groups is 1. The van der Waals surface area contributed by atoms with E-state index in [0.29, 0.717) is 11.9 Å². The van der Waals surface area contributed by atoms with Crippen LogP contribution in [0.25, 0.3) is 0 Å². The van der Waals surface area contributed by atoms with E-state index < -0.39 is 7.12 Å². The predicted molar refractivity (Wildman–Crippen MR) is 60.8 cm³/mol. The fraction of sp³-hybridized carbons (Fsp3) is 0.200. The van der Waals surface area contributed by atoms with Gasteiger partial charge in [0.15, 0.2) is 0 Å². The fourth-order valence-corrected chi connectivity index (χ4v) is 1.52. The van der Waals surface area contributed by atoms with Crippen LogP contribution < -0.4 is 5.46 Å². The molecule has 0 amide bonds. The molecular formula is C10H11BO2S. The largest absolute Gasteiger partial charge is 0.488 e. The summed E-state index contributed by atoms with van der Waals surface area (Å²) in [5.41, 5.74) is 2.31. The molecule has 0 fully saturated rings. The molecule has 14 heavy (non-hydrogen) atoms. The van der Waals surface area contributed by atoms with Crippen molar-refractivity contribution in [2.45, 2.75) is 18.2 Å². The second-order valence-electron chi connectivity index (χ2n) is 3.08. The minimum atomic E-state index is -1.47. The van der Waals surface area contributed by atoms with Crippen molar-refractivity contribution in [2.75, 3.05) is 0 Å². The standard InChI is InChI=1S/C10H11BO2S/c1-3-4-8-5-9(11(12)13)6-10(14)7(8)2/h1,5-6,12-14H,4H2,2H3. The quantitative estimate of drug-likeness (QED) is 0.366. The number of benzene rings is 1. The van der Waals surface area contributed by atoms with E-state index in [1.54, 1.807) is 12.1 Å². The highest BCUT2D eigenvalue weighted by atomic mass is 32.1. The third-order valence-corrected chi connectivity index (χ3v) is 2.57. The lowest BCUT2D eigenvalue weighted by Crippen LogP contribution is -2.30. The molecular weight excluding hydrogens is 195 g/mol. The zero-order valence-corrected chi connectivity index (χ0v) is 8.75. The molecule has 0 radical (unpaired) electrons. The van der Waals surface area contributed by atoms with Gasteiger partial charge in [0.05, 0.1) is 0 Å². The van der Waals surface area contributed by atoms with Crippen LogP contribution in [0.4, 0.5) is 0 Å². The predicted octanol–water partition coefficient (Wildman–Crippen LogP) is 0.139. The molecule has 72 valence electrons. The van der Waals surface area contributed by atoms with Crippen molar-refractivity contribution < 1.29 is 10.0 Å². The van der Waals surface area contributed by atoms with Gasteiger partial charge in [-0.2, -0.15) is 0 Å². The second-order valence-corrected chi connectivity index (χ2v) is 3.56. The first-order chi connectivity index (χ1) is 6.56. The molecule has 0 aliphatic rings. The van der Waals surface area contributed by atoms with E-state index in [1.807, 2.05) is 6.92 Å². The van der Waals surface area contributed by atoms with E-state index in [1.165, 1.54) is 0 Å². The molecule has 0 heterocycles. The van der Waals surface area contributed by atoms with Crippen LogP contribution in [0.1, 0.15) is 11.1 Å². The van der Waals surface area contributed by atoms with Crippen molar-refractivity contribution in [1.82, 2.24) is 0 Å². The zero-order valence-electron chi connectivity index (χ0n) is 7.86. The Bertz CT molecular complexity index is 382. The van der Waals surface area contributed by atoms with E-state index in [-0.39, 0.29) is 0 Å². The first-order valence-corrected chi connectivity index (χ1v) is 4.63. The third-order valence-electron chi connectivity index (χ3n) is 2.10. The SMILES string of the molecule is C#CCc1cc(B(O)O)cc(S)c1C. The van der Waals surface area contributed by atoms with Crippen LogP contribution in [0, 0.1) is 19.3 Å². The summed E-state index contributed by atoms with van der Waals surface area (Å²) in [6.45, 7) is 1.91. The van der Waals surface area contributed by atoms with E-state index in [4.69, 9.17) is 16.5 Å². The summed E-state index contributed by atoms with van der Waals surface area (Å²) in [6.07, 6.45) is 5.68. The van der Waals surface area contributed by atoms with Gasteiger partial charge in [-0.15, -0.1) is 25.0 Å². The van der Waals surface area contributed by atoms with Crippen molar-refractivity contribution >= 4 is 25.2 Å². The Hall–Kier alpha value is -0.885. The second kappa shape index (κ2) is 4.56. The molecule has 2 nitrogen and oxygen atoms in total. The summed E-state index contributed by atoms with van der Waals surface area (Å²) >= 11 is 4.23. The topological polar surface area (TPSA) is 40.5 Å². The molecule has 1 aromatic carbocycles. The molecule has 0 unspecified atom stereocenters. The Balaban J connectivity index is 3.22. The van der Waals surface area contributed by atoms with Crippen LogP contribution in [0.15, 0.2) is 17.0 Å². The maximum Gasteiger partial charge on any atom is 0.488 e. The number of terminal acetylenes is 1. The van der Waals surface area contributed by atoms with Gasteiger partial charge in [-0.25, -0.2) is 0 Å². The van der Waals surface area contributed by atoms with Crippen molar-refractivity contribution in [3.63, 3.8) is 0 Å². The molecule has 1 aromatic rings. The molecule has 0 atom stereocenters. The maximum atomic E-state index is 9.00. The third kappa shape index (κ3) is 2.33. The van der Waals surface area contributed by atoms with Crippen LogP contribution >= 0.6 is 12.6 Å². The van der Waals surface area contributed by atoms with E-state index >= 15 is 0 Å². The lowest BCUT2D eigenvalue weighted by atomic mass is 9.78. The van der Waals surface area contributed by atoms with E-state index in [2.05, 4.69) is 18.5 Å². The van der Waals surface area contributed by atoms with Crippen molar-refractivity contribution in [2.24, 2.45) is 0 Å². The summed E-state index contributed by atoms with van der Waals surface area (Å²) < 4.78 is 0. The summed E-state index contributed by atoms with van der Waals surface area (Å²) in [5.74, 6) is 2.52. The molecule has 0 aliphatic carbocycles. The Labute approximate surface area is 89.5 Å². The van der Waals surface area contributed by atoms with Gasteiger partial charge in [0.2, 0.25) is 0 Å². The number of hydrogen-bond acceptors (Lipinski definition) is 3. The van der Waals surface area contributed by atoms with Crippen LogP contribution in [0.5, 0.6) is 0 Å². The van der Waals surface area contributed by atoms with Gasteiger partial charge in [0.1, 0.15) is 0 Å². The van der Waals surface area contributed by atoms with Crippen LogP contribution in [-0.4, -0.2) is 17.2 Å². The molecule has 4 heteroatoms. The van der Waals surface area contributed by atoms with Gasteiger partial charge in [0, 0.05) is 11.3 Å². The monoisotopic (exact) mass is 206 g/mol. The Morgan fingerprint density at radius 2 is 2.14 bits per heavy atom. The minimum Gasteiger partial charge on any atom is -0.423 e. The minimum absolute atomic E-state index is 0.422. The molecule has 0 aliphatic heterocycles.